The molecule has 0 fully saturated rings. The number of para-hydroxylation sites is 1. The van der Waals surface area contributed by atoms with E-state index >= 15 is 0 Å². The summed E-state index contributed by atoms with van der Waals surface area (Å²) in [6, 6.07) is 16.1. The van der Waals surface area contributed by atoms with Crippen LogP contribution in [0.5, 0.6) is 11.5 Å². The fourth-order valence-electron chi connectivity index (χ4n) is 1.82. The Labute approximate surface area is 108 Å². The van der Waals surface area contributed by atoms with Gasteiger partial charge < -0.3 is 9.47 Å². The molecule has 0 atom stereocenters. The Morgan fingerprint density at radius 1 is 0.944 bits per heavy atom. The molecule has 0 unspecified atom stereocenters. The Balaban J connectivity index is 1.90. The van der Waals surface area contributed by atoms with Crippen LogP contribution in [0.15, 0.2) is 48.5 Å². The third kappa shape index (κ3) is 3.27. The monoisotopic (exact) mass is 242 g/mol. The number of rotatable bonds is 5. The van der Waals surface area contributed by atoms with Crippen LogP contribution in [0.3, 0.4) is 0 Å². The molecule has 0 aromatic heterocycles. The second kappa shape index (κ2) is 6.10. The van der Waals surface area contributed by atoms with E-state index in [1.54, 1.807) is 7.11 Å². The maximum atomic E-state index is 5.71. The van der Waals surface area contributed by atoms with Crippen LogP contribution in [0, 0.1) is 6.92 Å². The van der Waals surface area contributed by atoms with Crippen molar-refractivity contribution < 1.29 is 9.47 Å². The van der Waals surface area contributed by atoms with E-state index in [2.05, 4.69) is 25.1 Å². The first kappa shape index (κ1) is 12.5. The van der Waals surface area contributed by atoms with Gasteiger partial charge in [-0.25, -0.2) is 0 Å². The normalized spacial score (nSPS) is 10.1. The minimum absolute atomic E-state index is 0.656. The van der Waals surface area contributed by atoms with Gasteiger partial charge in [0.2, 0.25) is 0 Å². The first-order chi connectivity index (χ1) is 8.79. The molecule has 0 saturated heterocycles. The Morgan fingerprint density at radius 2 is 1.67 bits per heavy atom. The van der Waals surface area contributed by atoms with Crippen molar-refractivity contribution in [3.8, 4) is 11.5 Å². The van der Waals surface area contributed by atoms with Gasteiger partial charge in [-0.05, 0) is 30.7 Å². The lowest BCUT2D eigenvalue weighted by Crippen LogP contribution is -2.02. The predicted octanol–water partition coefficient (Wildman–Crippen LogP) is 3.63. The van der Waals surface area contributed by atoms with E-state index in [1.165, 1.54) is 11.1 Å². The largest absolute Gasteiger partial charge is 0.496 e. The van der Waals surface area contributed by atoms with Crippen molar-refractivity contribution >= 4 is 0 Å². The van der Waals surface area contributed by atoms with Crippen LogP contribution >= 0.6 is 0 Å². The van der Waals surface area contributed by atoms with E-state index in [0.717, 1.165) is 17.9 Å². The summed E-state index contributed by atoms with van der Waals surface area (Å²) in [4.78, 5) is 0. The molecular formula is C16H18O2. The van der Waals surface area contributed by atoms with Gasteiger partial charge in [0.15, 0.2) is 0 Å². The van der Waals surface area contributed by atoms with Crippen molar-refractivity contribution in [2.75, 3.05) is 13.7 Å². The SMILES string of the molecule is COc1ccccc1CCOc1ccc(C)cc1. The number of ether oxygens (including phenoxy) is 2. The van der Waals surface area contributed by atoms with Crippen LogP contribution in [0.25, 0.3) is 0 Å². The second-order valence-corrected chi connectivity index (χ2v) is 4.22. The van der Waals surface area contributed by atoms with E-state index in [9.17, 15) is 0 Å². The molecule has 2 rings (SSSR count). The maximum Gasteiger partial charge on any atom is 0.122 e. The van der Waals surface area contributed by atoms with E-state index in [4.69, 9.17) is 9.47 Å². The molecule has 0 spiro atoms. The van der Waals surface area contributed by atoms with Gasteiger partial charge in [-0.2, -0.15) is 0 Å². The van der Waals surface area contributed by atoms with Crippen molar-refractivity contribution in [2.45, 2.75) is 13.3 Å². The van der Waals surface area contributed by atoms with E-state index in [1.807, 2.05) is 30.3 Å². The topological polar surface area (TPSA) is 18.5 Å². The van der Waals surface area contributed by atoms with Crippen molar-refractivity contribution in [3.05, 3.63) is 59.7 Å². The van der Waals surface area contributed by atoms with E-state index in [0.29, 0.717) is 6.61 Å². The molecule has 0 saturated carbocycles. The molecule has 0 aliphatic heterocycles. The summed E-state index contributed by atoms with van der Waals surface area (Å²) >= 11 is 0. The summed E-state index contributed by atoms with van der Waals surface area (Å²) < 4.78 is 11.0. The number of aryl methyl sites for hydroxylation is 1. The maximum absolute atomic E-state index is 5.71. The summed E-state index contributed by atoms with van der Waals surface area (Å²) in [6.45, 7) is 2.72. The minimum Gasteiger partial charge on any atom is -0.496 e. The van der Waals surface area contributed by atoms with E-state index in [-0.39, 0.29) is 0 Å². The summed E-state index contributed by atoms with van der Waals surface area (Å²) in [5, 5.41) is 0. The molecule has 2 aromatic carbocycles. The van der Waals surface area contributed by atoms with Crippen molar-refractivity contribution in [1.82, 2.24) is 0 Å². The zero-order valence-electron chi connectivity index (χ0n) is 10.8. The molecule has 0 amide bonds. The number of hydrogen-bond acceptors (Lipinski definition) is 2. The zero-order valence-corrected chi connectivity index (χ0v) is 10.8. The van der Waals surface area contributed by atoms with Gasteiger partial charge >= 0.3 is 0 Å². The molecule has 2 nitrogen and oxygen atoms in total. The van der Waals surface area contributed by atoms with Crippen LogP contribution < -0.4 is 9.47 Å². The van der Waals surface area contributed by atoms with E-state index < -0.39 is 0 Å². The lowest BCUT2D eigenvalue weighted by molar-refractivity contribution is 0.318. The van der Waals surface area contributed by atoms with Crippen molar-refractivity contribution in [2.24, 2.45) is 0 Å². The third-order valence-electron chi connectivity index (χ3n) is 2.85. The lowest BCUT2D eigenvalue weighted by atomic mass is 10.1. The first-order valence-corrected chi connectivity index (χ1v) is 6.11. The van der Waals surface area contributed by atoms with Gasteiger partial charge in [0.25, 0.3) is 0 Å². The summed E-state index contributed by atoms with van der Waals surface area (Å²) in [6.07, 6.45) is 0.845. The number of methoxy groups -OCH3 is 1. The quantitative estimate of drug-likeness (QED) is 0.797. The number of hydrogen-bond donors (Lipinski definition) is 0. The standard InChI is InChI=1S/C16H18O2/c1-13-7-9-15(10-8-13)18-12-11-14-5-3-4-6-16(14)17-2/h3-10H,11-12H2,1-2H3. The van der Waals surface area contributed by atoms with Gasteiger partial charge in [0, 0.05) is 6.42 Å². The Bertz CT molecular complexity index is 489. The lowest BCUT2D eigenvalue weighted by Gasteiger charge is -2.09. The van der Waals surface area contributed by atoms with Gasteiger partial charge in [-0.15, -0.1) is 0 Å². The highest BCUT2D eigenvalue weighted by Crippen LogP contribution is 2.18. The third-order valence-corrected chi connectivity index (χ3v) is 2.85. The molecule has 0 N–H and O–H groups in total. The summed E-state index contributed by atoms with van der Waals surface area (Å²) in [7, 11) is 1.69. The van der Waals surface area contributed by atoms with Crippen LogP contribution in [0.2, 0.25) is 0 Å². The van der Waals surface area contributed by atoms with Crippen molar-refractivity contribution in [3.63, 3.8) is 0 Å². The highest BCUT2D eigenvalue weighted by atomic mass is 16.5. The van der Waals surface area contributed by atoms with Crippen LogP contribution in [-0.4, -0.2) is 13.7 Å². The highest BCUT2D eigenvalue weighted by molar-refractivity contribution is 5.33. The smallest absolute Gasteiger partial charge is 0.122 e. The Morgan fingerprint density at radius 3 is 2.39 bits per heavy atom. The Hall–Kier alpha value is -1.96. The first-order valence-electron chi connectivity index (χ1n) is 6.11. The molecular weight excluding hydrogens is 224 g/mol. The summed E-state index contributed by atoms with van der Waals surface area (Å²) in [5.41, 5.74) is 2.42. The molecule has 2 aromatic rings. The van der Waals surface area contributed by atoms with Crippen LogP contribution in [-0.2, 0) is 6.42 Å². The molecule has 0 aliphatic carbocycles. The average molecular weight is 242 g/mol. The minimum atomic E-state index is 0.656. The van der Waals surface area contributed by atoms with Gasteiger partial charge in [0.05, 0.1) is 13.7 Å². The highest BCUT2D eigenvalue weighted by Gasteiger charge is 2.01. The van der Waals surface area contributed by atoms with Gasteiger partial charge in [-0.1, -0.05) is 35.9 Å². The fourth-order valence-corrected chi connectivity index (χ4v) is 1.82. The number of benzene rings is 2. The van der Waals surface area contributed by atoms with Gasteiger partial charge in [0.1, 0.15) is 11.5 Å². The molecule has 18 heavy (non-hydrogen) atoms. The van der Waals surface area contributed by atoms with Crippen LogP contribution in [0.4, 0.5) is 0 Å². The van der Waals surface area contributed by atoms with Crippen molar-refractivity contribution in [1.29, 1.82) is 0 Å². The zero-order chi connectivity index (χ0) is 12.8. The fraction of sp³-hybridized carbons (Fsp3) is 0.250. The molecule has 0 heterocycles. The molecule has 0 aliphatic rings. The Kier molecular flexibility index (Phi) is 4.24. The molecule has 2 heteroatoms. The average Bonchev–Trinajstić information content (AvgIpc) is 2.41. The van der Waals surface area contributed by atoms with Crippen LogP contribution in [0.1, 0.15) is 11.1 Å². The molecule has 0 bridgehead atoms. The molecule has 0 radical (unpaired) electrons. The second-order valence-electron chi connectivity index (χ2n) is 4.22. The summed E-state index contributed by atoms with van der Waals surface area (Å²) in [5.74, 6) is 1.83. The van der Waals surface area contributed by atoms with Gasteiger partial charge in [-0.3, -0.25) is 0 Å². The molecule has 94 valence electrons. The predicted molar refractivity (Wildman–Crippen MR) is 73.4 cm³/mol.